The van der Waals surface area contributed by atoms with Gasteiger partial charge in [-0.1, -0.05) is 42.1 Å². The van der Waals surface area contributed by atoms with E-state index in [4.69, 9.17) is 4.74 Å². The second-order valence-electron chi connectivity index (χ2n) is 7.71. The van der Waals surface area contributed by atoms with E-state index in [0.29, 0.717) is 26.9 Å². The molecule has 2 aromatic carbocycles. The molecule has 3 heterocycles. The van der Waals surface area contributed by atoms with Crippen molar-refractivity contribution in [2.45, 2.75) is 12.1 Å². The molecule has 0 saturated heterocycles. The predicted octanol–water partition coefficient (Wildman–Crippen LogP) is 5.58. The summed E-state index contributed by atoms with van der Waals surface area (Å²) in [4.78, 5) is 25.3. The normalized spacial score (nSPS) is 11.2. The van der Waals surface area contributed by atoms with E-state index in [1.807, 2.05) is 41.7 Å². The average Bonchev–Trinajstić information content (AvgIpc) is 3.47. The number of carbonyl (C=O) groups excluding carboxylic acids is 2. The highest BCUT2D eigenvalue weighted by Crippen LogP contribution is 2.36. The first-order chi connectivity index (χ1) is 17.0. The Balaban J connectivity index is 1.39. The van der Waals surface area contributed by atoms with Gasteiger partial charge in [0.2, 0.25) is 5.91 Å². The van der Waals surface area contributed by atoms with Crippen molar-refractivity contribution in [3.05, 3.63) is 76.9 Å². The topological polar surface area (TPSA) is 85.6 Å². The molecular weight excluding hydrogens is 487 g/mol. The molecule has 5 rings (SSSR count). The largest absolute Gasteiger partial charge is 0.465 e. The van der Waals surface area contributed by atoms with E-state index in [0.717, 1.165) is 16.5 Å². The van der Waals surface area contributed by atoms with Crippen LogP contribution in [0.5, 0.6) is 0 Å². The van der Waals surface area contributed by atoms with Gasteiger partial charge in [0.15, 0.2) is 10.8 Å². The van der Waals surface area contributed by atoms with Gasteiger partial charge < -0.3 is 10.1 Å². The molecule has 0 fully saturated rings. The molecule has 0 saturated carbocycles. The number of carbonyl (C=O) groups is 2. The number of anilines is 1. The number of halogens is 1. The fourth-order valence-corrected chi connectivity index (χ4v) is 5.58. The van der Waals surface area contributed by atoms with Crippen LogP contribution in [0, 0.1) is 12.7 Å². The third-order valence-electron chi connectivity index (χ3n) is 5.49. The third-order valence-corrected chi connectivity index (χ3v) is 7.32. The summed E-state index contributed by atoms with van der Waals surface area (Å²) in [5.41, 5.74) is 4.21. The summed E-state index contributed by atoms with van der Waals surface area (Å²) in [6.07, 6.45) is 0. The highest BCUT2D eigenvalue weighted by molar-refractivity contribution is 7.99. The summed E-state index contributed by atoms with van der Waals surface area (Å²) >= 11 is 2.46. The number of aryl methyl sites for hydroxylation is 1. The third kappa shape index (κ3) is 4.38. The van der Waals surface area contributed by atoms with E-state index in [1.54, 1.807) is 17.5 Å². The Morgan fingerprint density at radius 2 is 1.91 bits per heavy atom. The zero-order valence-electron chi connectivity index (χ0n) is 18.7. The Labute approximate surface area is 207 Å². The van der Waals surface area contributed by atoms with E-state index in [9.17, 15) is 14.0 Å². The molecule has 35 heavy (non-hydrogen) atoms. The summed E-state index contributed by atoms with van der Waals surface area (Å²) in [7, 11) is 1.28. The Kier molecular flexibility index (Phi) is 6.23. The summed E-state index contributed by atoms with van der Waals surface area (Å²) in [6, 6.07) is 15.7. The number of benzene rings is 2. The first-order valence-electron chi connectivity index (χ1n) is 10.6. The van der Waals surface area contributed by atoms with Crippen molar-refractivity contribution in [2.24, 2.45) is 0 Å². The number of fused-ring (bicyclic) bond motifs is 3. The minimum absolute atomic E-state index is 0.0629. The van der Waals surface area contributed by atoms with Gasteiger partial charge in [0.25, 0.3) is 0 Å². The number of aromatic nitrogens is 3. The summed E-state index contributed by atoms with van der Waals surface area (Å²) < 4.78 is 20.2. The first kappa shape index (κ1) is 23.0. The number of nitrogens with one attached hydrogen (secondary N) is 1. The molecular formula is C25H19FN4O3S2. The van der Waals surface area contributed by atoms with Gasteiger partial charge in [0, 0.05) is 16.3 Å². The average molecular weight is 507 g/mol. The van der Waals surface area contributed by atoms with E-state index in [-0.39, 0.29) is 23.0 Å². The number of rotatable bonds is 6. The molecule has 0 aliphatic rings. The number of methoxy groups -OCH3 is 1. The number of amides is 1. The second-order valence-corrected chi connectivity index (χ2v) is 9.53. The quantitative estimate of drug-likeness (QED) is 0.239. The zero-order chi connectivity index (χ0) is 24.5. The van der Waals surface area contributed by atoms with Gasteiger partial charge in [-0.15, -0.1) is 21.5 Å². The number of hydrogen-bond acceptors (Lipinski definition) is 7. The molecule has 0 spiro atoms. The van der Waals surface area contributed by atoms with Crippen LogP contribution >= 0.6 is 23.1 Å². The van der Waals surface area contributed by atoms with Crippen LogP contribution in [0.4, 0.5) is 9.39 Å². The highest BCUT2D eigenvalue weighted by atomic mass is 32.2. The minimum atomic E-state index is -0.584. The Bertz CT molecular complexity index is 1580. The number of thiophene rings is 1. The number of nitrogens with zero attached hydrogens (tertiary/aromatic N) is 3. The van der Waals surface area contributed by atoms with Crippen molar-refractivity contribution in [3.63, 3.8) is 0 Å². The van der Waals surface area contributed by atoms with Crippen LogP contribution in [-0.2, 0) is 9.53 Å². The lowest BCUT2D eigenvalue weighted by molar-refractivity contribution is -0.113. The maximum Gasteiger partial charge on any atom is 0.341 e. The van der Waals surface area contributed by atoms with Crippen molar-refractivity contribution >= 4 is 56.5 Å². The van der Waals surface area contributed by atoms with E-state index >= 15 is 0 Å². The predicted molar refractivity (Wildman–Crippen MR) is 136 cm³/mol. The summed E-state index contributed by atoms with van der Waals surface area (Å²) in [5, 5.41) is 15.1. The summed E-state index contributed by atoms with van der Waals surface area (Å²) in [6.45, 7) is 2.03. The van der Waals surface area contributed by atoms with Crippen LogP contribution in [0.25, 0.3) is 27.7 Å². The maximum absolute atomic E-state index is 13.4. The lowest BCUT2D eigenvalue weighted by atomic mass is 10.0. The van der Waals surface area contributed by atoms with E-state index < -0.39 is 5.97 Å². The minimum Gasteiger partial charge on any atom is -0.465 e. The van der Waals surface area contributed by atoms with Crippen molar-refractivity contribution in [3.8, 4) is 11.1 Å². The second kappa shape index (κ2) is 9.47. The van der Waals surface area contributed by atoms with Gasteiger partial charge in [-0.05, 0) is 42.3 Å². The molecule has 3 aromatic heterocycles. The van der Waals surface area contributed by atoms with Gasteiger partial charge in [-0.2, -0.15) is 0 Å². The maximum atomic E-state index is 13.4. The molecule has 176 valence electrons. The van der Waals surface area contributed by atoms with Gasteiger partial charge in [-0.25, -0.2) is 9.18 Å². The van der Waals surface area contributed by atoms with Crippen LogP contribution < -0.4 is 5.32 Å². The van der Waals surface area contributed by atoms with Crippen molar-refractivity contribution in [1.82, 2.24) is 14.6 Å². The molecule has 0 radical (unpaired) electrons. The molecule has 0 bridgehead atoms. The Morgan fingerprint density at radius 3 is 2.69 bits per heavy atom. The fourth-order valence-electron chi connectivity index (χ4n) is 3.86. The van der Waals surface area contributed by atoms with Crippen LogP contribution in [0.1, 0.15) is 15.9 Å². The van der Waals surface area contributed by atoms with E-state index in [2.05, 4.69) is 15.5 Å². The summed E-state index contributed by atoms with van der Waals surface area (Å²) in [5.74, 6) is -1.20. The number of pyridine rings is 1. The van der Waals surface area contributed by atoms with Crippen molar-refractivity contribution in [1.29, 1.82) is 0 Å². The molecule has 0 aliphatic carbocycles. The Morgan fingerprint density at radius 1 is 1.14 bits per heavy atom. The molecule has 0 aliphatic heterocycles. The molecule has 0 atom stereocenters. The van der Waals surface area contributed by atoms with E-state index in [1.165, 1.54) is 42.3 Å². The first-order valence-corrected chi connectivity index (χ1v) is 12.4. The number of para-hydroxylation sites is 1. The van der Waals surface area contributed by atoms with Crippen molar-refractivity contribution in [2.75, 3.05) is 18.2 Å². The number of esters is 1. The number of ether oxygens (including phenoxy) is 1. The lowest BCUT2D eigenvalue weighted by Gasteiger charge is -2.09. The molecule has 5 aromatic rings. The van der Waals surface area contributed by atoms with Crippen LogP contribution in [-0.4, -0.2) is 39.3 Å². The van der Waals surface area contributed by atoms with Gasteiger partial charge in [-0.3, -0.25) is 9.20 Å². The standard InChI is InChI=1S/C25H19FN4O3S2/c1-14-11-20-28-29-25(30(20)19-6-4-3-5-17(14)19)35-13-21(31)27-23-22(24(32)33-2)18(12-34-23)15-7-9-16(26)10-8-15/h3-12H,13H2,1-2H3,(H,27,31). The lowest BCUT2D eigenvalue weighted by Crippen LogP contribution is -2.16. The van der Waals surface area contributed by atoms with Gasteiger partial charge in [0.05, 0.1) is 18.4 Å². The fraction of sp³-hybridized carbons (Fsp3) is 0.120. The number of thioether (sulfide) groups is 1. The Hall–Kier alpha value is -3.76. The number of hydrogen-bond donors (Lipinski definition) is 1. The van der Waals surface area contributed by atoms with Gasteiger partial charge in [0.1, 0.15) is 16.4 Å². The zero-order valence-corrected chi connectivity index (χ0v) is 20.4. The molecule has 7 nitrogen and oxygen atoms in total. The van der Waals surface area contributed by atoms with Gasteiger partial charge >= 0.3 is 5.97 Å². The molecule has 0 unspecified atom stereocenters. The van der Waals surface area contributed by atoms with Crippen LogP contribution in [0.15, 0.2) is 65.1 Å². The molecule has 10 heteroatoms. The van der Waals surface area contributed by atoms with Crippen LogP contribution in [0.2, 0.25) is 0 Å². The van der Waals surface area contributed by atoms with Crippen molar-refractivity contribution < 1.29 is 18.7 Å². The molecule has 1 amide bonds. The monoisotopic (exact) mass is 506 g/mol. The smallest absolute Gasteiger partial charge is 0.341 e. The highest BCUT2D eigenvalue weighted by Gasteiger charge is 2.23. The molecule has 1 N–H and O–H groups in total. The SMILES string of the molecule is COC(=O)c1c(-c2ccc(F)cc2)csc1NC(=O)CSc1nnc2cc(C)c3ccccc3n12. The van der Waals surface area contributed by atoms with Crippen LogP contribution in [0.3, 0.4) is 0 Å².